The van der Waals surface area contributed by atoms with Crippen molar-refractivity contribution in [3.8, 4) is 0 Å². The van der Waals surface area contributed by atoms with Crippen LogP contribution in [0.15, 0.2) is 12.3 Å². The maximum Gasteiger partial charge on any atom is 0.270 e. The number of hydrogen-bond acceptors (Lipinski definition) is 4. The molecule has 76 valence electrons. The summed E-state index contributed by atoms with van der Waals surface area (Å²) in [5.74, 6) is 0.276. The van der Waals surface area contributed by atoms with Crippen LogP contribution in [0.3, 0.4) is 0 Å². The molecule has 1 heterocycles. The Morgan fingerprint density at radius 3 is 2.93 bits per heavy atom. The molecule has 0 atom stereocenters. The third-order valence-corrected chi connectivity index (χ3v) is 1.54. The van der Waals surface area contributed by atoms with Crippen molar-refractivity contribution >= 4 is 5.91 Å². The van der Waals surface area contributed by atoms with Gasteiger partial charge < -0.3 is 11.1 Å². The number of nitrogens with one attached hydrogen (secondary N) is 1. The number of aromatic nitrogens is 2. The Bertz CT molecular complexity index is 324. The molecule has 0 radical (unpaired) electrons. The average Bonchev–Trinajstić information content (AvgIpc) is 2.17. The fourth-order valence-corrected chi connectivity index (χ4v) is 0.960. The molecule has 5 nitrogen and oxygen atoms in total. The Labute approximate surface area is 82.7 Å². The quantitative estimate of drug-likeness (QED) is 0.713. The summed E-state index contributed by atoms with van der Waals surface area (Å²) >= 11 is 0. The maximum absolute atomic E-state index is 11.5. The lowest BCUT2D eigenvalue weighted by molar-refractivity contribution is 0.0937. The van der Waals surface area contributed by atoms with E-state index in [0.29, 0.717) is 11.5 Å². The van der Waals surface area contributed by atoms with Gasteiger partial charge in [-0.3, -0.25) is 4.79 Å². The summed E-state index contributed by atoms with van der Waals surface area (Å²) in [6.45, 7) is 4.02. The molecule has 0 spiro atoms. The molecule has 0 saturated heterocycles. The van der Waals surface area contributed by atoms with Crippen molar-refractivity contribution in [2.75, 3.05) is 0 Å². The second-order valence-corrected chi connectivity index (χ2v) is 3.19. The molecule has 0 aliphatic carbocycles. The number of nitrogens with two attached hydrogens (primary N) is 1. The maximum atomic E-state index is 11.5. The SMILES string of the molecule is CC(C)NC(=O)c1ccnc(CN)n1. The Balaban J connectivity index is 2.79. The first kappa shape index (κ1) is 10.6. The van der Waals surface area contributed by atoms with Gasteiger partial charge in [0.05, 0.1) is 6.54 Å². The predicted molar refractivity (Wildman–Crippen MR) is 52.5 cm³/mol. The van der Waals surface area contributed by atoms with Crippen LogP contribution in [0.4, 0.5) is 0 Å². The lowest BCUT2D eigenvalue weighted by Gasteiger charge is -2.07. The molecule has 14 heavy (non-hydrogen) atoms. The normalized spacial score (nSPS) is 10.3. The van der Waals surface area contributed by atoms with E-state index in [1.54, 1.807) is 6.07 Å². The molecule has 0 aliphatic rings. The highest BCUT2D eigenvalue weighted by molar-refractivity contribution is 5.92. The number of hydrogen-bond donors (Lipinski definition) is 2. The molecular formula is C9H14N4O. The number of nitrogens with zero attached hydrogens (tertiary/aromatic N) is 2. The highest BCUT2D eigenvalue weighted by atomic mass is 16.1. The lowest BCUT2D eigenvalue weighted by Crippen LogP contribution is -2.31. The molecule has 0 bridgehead atoms. The molecule has 0 saturated carbocycles. The van der Waals surface area contributed by atoms with Crippen LogP contribution >= 0.6 is 0 Å². The third-order valence-electron chi connectivity index (χ3n) is 1.54. The minimum atomic E-state index is -0.197. The monoisotopic (exact) mass is 194 g/mol. The van der Waals surface area contributed by atoms with E-state index < -0.39 is 0 Å². The molecular weight excluding hydrogens is 180 g/mol. The summed E-state index contributed by atoms with van der Waals surface area (Å²) < 4.78 is 0. The van der Waals surface area contributed by atoms with Crippen LogP contribution in [0.2, 0.25) is 0 Å². The zero-order valence-electron chi connectivity index (χ0n) is 8.32. The fourth-order valence-electron chi connectivity index (χ4n) is 0.960. The minimum absolute atomic E-state index is 0.0961. The zero-order valence-corrected chi connectivity index (χ0v) is 8.32. The van der Waals surface area contributed by atoms with Crippen LogP contribution in [0, 0.1) is 0 Å². The van der Waals surface area contributed by atoms with Crippen molar-refractivity contribution in [1.29, 1.82) is 0 Å². The van der Waals surface area contributed by atoms with E-state index in [1.165, 1.54) is 6.20 Å². The standard InChI is InChI=1S/C9H14N4O/c1-6(2)12-9(14)7-3-4-11-8(5-10)13-7/h3-4,6H,5,10H2,1-2H3,(H,12,14). The number of carbonyl (C=O) groups is 1. The van der Waals surface area contributed by atoms with E-state index in [1.807, 2.05) is 13.8 Å². The van der Waals surface area contributed by atoms with Crippen molar-refractivity contribution in [1.82, 2.24) is 15.3 Å². The Morgan fingerprint density at radius 1 is 1.64 bits per heavy atom. The number of amides is 1. The average molecular weight is 194 g/mol. The molecule has 0 aromatic carbocycles. The first-order chi connectivity index (χ1) is 6.63. The second kappa shape index (κ2) is 4.66. The molecule has 0 aliphatic heterocycles. The van der Waals surface area contributed by atoms with Gasteiger partial charge in [0.25, 0.3) is 5.91 Å². The summed E-state index contributed by atoms with van der Waals surface area (Å²) in [6, 6.07) is 1.66. The van der Waals surface area contributed by atoms with E-state index in [4.69, 9.17) is 5.73 Å². The third kappa shape index (κ3) is 2.77. The van der Waals surface area contributed by atoms with Crippen LogP contribution in [0.5, 0.6) is 0 Å². The zero-order chi connectivity index (χ0) is 10.6. The molecule has 0 fully saturated rings. The largest absolute Gasteiger partial charge is 0.349 e. The van der Waals surface area contributed by atoms with Crippen molar-refractivity contribution in [2.45, 2.75) is 26.4 Å². The van der Waals surface area contributed by atoms with Crippen molar-refractivity contribution in [2.24, 2.45) is 5.73 Å². The first-order valence-electron chi connectivity index (χ1n) is 4.46. The van der Waals surface area contributed by atoms with Gasteiger partial charge in [-0.25, -0.2) is 9.97 Å². The minimum Gasteiger partial charge on any atom is -0.349 e. The van der Waals surface area contributed by atoms with Crippen LogP contribution in [-0.4, -0.2) is 21.9 Å². The number of rotatable bonds is 3. The van der Waals surface area contributed by atoms with Gasteiger partial charge in [0.15, 0.2) is 0 Å². The highest BCUT2D eigenvalue weighted by Crippen LogP contribution is 1.95. The van der Waals surface area contributed by atoms with Gasteiger partial charge in [-0.15, -0.1) is 0 Å². The second-order valence-electron chi connectivity index (χ2n) is 3.19. The smallest absolute Gasteiger partial charge is 0.270 e. The molecule has 1 amide bonds. The lowest BCUT2D eigenvalue weighted by atomic mass is 10.3. The number of carbonyl (C=O) groups excluding carboxylic acids is 1. The van der Waals surface area contributed by atoms with E-state index >= 15 is 0 Å². The van der Waals surface area contributed by atoms with Crippen LogP contribution in [0.1, 0.15) is 30.2 Å². The molecule has 1 aromatic heterocycles. The summed E-state index contributed by atoms with van der Waals surface area (Å²) in [7, 11) is 0. The van der Waals surface area contributed by atoms with Gasteiger partial charge in [0, 0.05) is 12.2 Å². The van der Waals surface area contributed by atoms with Gasteiger partial charge >= 0.3 is 0 Å². The predicted octanol–water partition coefficient (Wildman–Crippen LogP) is 0.0735. The summed E-state index contributed by atoms with van der Waals surface area (Å²) in [5.41, 5.74) is 5.72. The first-order valence-corrected chi connectivity index (χ1v) is 4.46. The van der Waals surface area contributed by atoms with Crippen molar-refractivity contribution in [3.63, 3.8) is 0 Å². The fraction of sp³-hybridized carbons (Fsp3) is 0.444. The van der Waals surface area contributed by atoms with Gasteiger partial charge in [-0.1, -0.05) is 0 Å². The van der Waals surface area contributed by atoms with E-state index in [9.17, 15) is 4.79 Å². The Morgan fingerprint density at radius 2 is 2.36 bits per heavy atom. The molecule has 5 heteroatoms. The van der Waals surface area contributed by atoms with E-state index in [0.717, 1.165) is 0 Å². The highest BCUT2D eigenvalue weighted by Gasteiger charge is 2.08. The summed E-state index contributed by atoms with van der Waals surface area (Å²) in [5, 5.41) is 2.74. The van der Waals surface area contributed by atoms with Gasteiger partial charge in [-0.2, -0.15) is 0 Å². The topological polar surface area (TPSA) is 80.9 Å². The van der Waals surface area contributed by atoms with Gasteiger partial charge in [-0.05, 0) is 19.9 Å². The van der Waals surface area contributed by atoms with E-state index in [2.05, 4.69) is 15.3 Å². The molecule has 1 rings (SSSR count). The van der Waals surface area contributed by atoms with Crippen molar-refractivity contribution in [3.05, 3.63) is 23.8 Å². The van der Waals surface area contributed by atoms with Crippen LogP contribution in [0.25, 0.3) is 0 Å². The van der Waals surface area contributed by atoms with Crippen LogP contribution in [-0.2, 0) is 6.54 Å². The Hall–Kier alpha value is -1.49. The molecule has 3 N–H and O–H groups in total. The van der Waals surface area contributed by atoms with Crippen LogP contribution < -0.4 is 11.1 Å². The van der Waals surface area contributed by atoms with Gasteiger partial charge in [0.2, 0.25) is 0 Å². The summed E-state index contributed by atoms with van der Waals surface area (Å²) in [4.78, 5) is 19.4. The molecule has 0 unspecified atom stereocenters. The molecule has 1 aromatic rings. The Kier molecular flexibility index (Phi) is 3.53. The van der Waals surface area contributed by atoms with Gasteiger partial charge in [0.1, 0.15) is 11.5 Å². The van der Waals surface area contributed by atoms with E-state index in [-0.39, 0.29) is 18.5 Å². The van der Waals surface area contributed by atoms with Crippen molar-refractivity contribution < 1.29 is 4.79 Å². The summed E-state index contributed by atoms with van der Waals surface area (Å²) in [6.07, 6.45) is 1.53.